The minimum absolute atomic E-state index is 0.468. The summed E-state index contributed by atoms with van der Waals surface area (Å²) in [5.74, 6) is 0.807. The molecule has 0 amide bonds. The summed E-state index contributed by atoms with van der Waals surface area (Å²) in [6, 6.07) is 17.3. The van der Waals surface area contributed by atoms with Crippen LogP contribution in [0.5, 0.6) is 0 Å². The van der Waals surface area contributed by atoms with E-state index in [0.29, 0.717) is 5.41 Å². The van der Waals surface area contributed by atoms with E-state index in [9.17, 15) is 0 Å². The molecule has 2 aromatic rings. The Kier molecular flexibility index (Phi) is 4.87. The fraction of sp³-hybridized carbons (Fsp3) is 0.500. The van der Waals surface area contributed by atoms with Crippen molar-refractivity contribution in [3.8, 4) is 0 Å². The molecule has 2 aliphatic heterocycles. The predicted octanol–water partition coefficient (Wildman–Crippen LogP) is 3.09. The van der Waals surface area contributed by atoms with E-state index >= 15 is 0 Å². The molecule has 132 valence electrons. The molecule has 4 rings (SSSR count). The second-order valence-electron chi connectivity index (χ2n) is 7.93. The predicted molar refractivity (Wildman–Crippen MR) is 103 cm³/mol. The van der Waals surface area contributed by atoms with Gasteiger partial charge in [-0.25, -0.2) is 0 Å². The minimum Gasteiger partial charge on any atom is -0.316 e. The van der Waals surface area contributed by atoms with Crippen molar-refractivity contribution in [2.45, 2.75) is 26.2 Å². The van der Waals surface area contributed by atoms with Crippen molar-refractivity contribution in [1.29, 1.82) is 0 Å². The third-order valence-corrected chi connectivity index (χ3v) is 6.14. The highest BCUT2D eigenvalue weighted by Crippen LogP contribution is 2.42. The first kappa shape index (κ1) is 16.7. The minimum atomic E-state index is 0.468. The average Bonchev–Trinajstić information content (AvgIpc) is 3.16. The first-order chi connectivity index (χ1) is 12.2. The molecule has 1 aromatic carbocycles. The van der Waals surface area contributed by atoms with Crippen LogP contribution < -0.4 is 5.32 Å². The Hall–Kier alpha value is -1.71. The van der Waals surface area contributed by atoms with Gasteiger partial charge in [0.15, 0.2) is 0 Å². The molecule has 3 heteroatoms. The summed E-state index contributed by atoms with van der Waals surface area (Å²) in [4.78, 5) is 7.34. The largest absolute Gasteiger partial charge is 0.316 e. The number of nitrogens with zero attached hydrogens (tertiary/aromatic N) is 2. The summed E-state index contributed by atoms with van der Waals surface area (Å²) in [5.41, 5.74) is 4.30. The summed E-state index contributed by atoms with van der Waals surface area (Å²) < 4.78 is 0. The van der Waals surface area contributed by atoms with Crippen molar-refractivity contribution < 1.29 is 0 Å². The van der Waals surface area contributed by atoms with Crippen molar-refractivity contribution in [2.24, 2.45) is 11.3 Å². The van der Waals surface area contributed by atoms with Crippen LogP contribution >= 0.6 is 0 Å². The number of rotatable bonds is 6. The number of aromatic nitrogens is 1. The zero-order valence-electron chi connectivity index (χ0n) is 15.2. The Bertz CT molecular complexity index is 699. The van der Waals surface area contributed by atoms with Crippen LogP contribution in [0.1, 0.15) is 23.4 Å². The Morgan fingerprint density at radius 2 is 2.00 bits per heavy atom. The molecular weight excluding hydrogens is 306 g/mol. The monoisotopic (exact) mass is 335 g/mol. The van der Waals surface area contributed by atoms with Crippen LogP contribution in [0.25, 0.3) is 0 Å². The third kappa shape index (κ3) is 3.78. The number of aryl methyl sites for hydroxylation is 2. The highest BCUT2D eigenvalue weighted by Gasteiger charge is 2.48. The van der Waals surface area contributed by atoms with E-state index in [1.54, 1.807) is 0 Å². The zero-order chi connectivity index (χ0) is 17.1. The van der Waals surface area contributed by atoms with Crippen LogP contribution in [0.2, 0.25) is 0 Å². The lowest BCUT2D eigenvalue weighted by Crippen LogP contribution is -2.34. The number of pyridine rings is 1. The SMILES string of the molecule is Cc1cccc(CCN2CC3CNCC3(CCc3ccccc3)C2)n1. The maximum Gasteiger partial charge on any atom is 0.0419 e. The van der Waals surface area contributed by atoms with E-state index in [4.69, 9.17) is 0 Å². The first-order valence-electron chi connectivity index (χ1n) is 9.63. The first-order valence-corrected chi connectivity index (χ1v) is 9.63. The number of hydrogen-bond donors (Lipinski definition) is 1. The normalized spacial score (nSPS) is 26.0. The molecule has 3 heterocycles. The van der Waals surface area contributed by atoms with Crippen LogP contribution in [-0.2, 0) is 12.8 Å². The Balaban J connectivity index is 1.36. The fourth-order valence-electron chi connectivity index (χ4n) is 4.71. The van der Waals surface area contributed by atoms with Gasteiger partial charge in [-0.3, -0.25) is 4.98 Å². The van der Waals surface area contributed by atoms with E-state index < -0.39 is 0 Å². The topological polar surface area (TPSA) is 28.2 Å². The molecule has 0 spiro atoms. The molecule has 2 atom stereocenters. The summed E-state index contributed by atoms with van der Waals surface area (Å²) >= 11 is 0. The highest BCUT2D eigenvalue weighted by molar-refractivity contribution is 5.16. The number of hydrogen-bond acceptors (Lipinski definition) is 3. The van der Waals surface area contributed by atoms with Crippen molar-refractivity contribution in [2.75, 3.05) is 32.7 Å². The Morgan fingerprint density at radius 1 is 1.12 bits per heavy atom. The number of fused-ring (bicyclic) bond motifs is 1. The van der Waals surface area contributed by atoms with Gasteiger partial charge in [-0.2, -0.15) is 0 Å². The van der Waals surface area contributed by atoms with Gasteiger partial charge in [-0.1, -0.05) is 36.4 Å². The molecule has 0 bridgehead atoms. The van der Waals surface area contributed by atoms with Gasteiger partial charge < -0.3 is 10.2 Å². The fourth-order valence-corrected chi connectivity index (χ4v) is 4.71. The lowest BCUT2D eigenvalue weighted by Gasteiger charge is -2.28. The second-order valence-corrected chi connectivity index (χ2v) is 7.93. The van der Waals surface area contributed by atoms with Gasteiger partial charge in [0, 0.05) is 49.4 Å². The Morgan fingerprint density at radius 3 is 2.84 bits per heavy atom. The van der Waals surface area contributed by atoms with Gasteiger partial charge in [0.25, 0.3) is 0 Å². The molecular formula is C22H29N3. The van der Waals surface area contributed by atoms with Crippen LogP contribution in [0.4, 0.5) is 0 Å². The van der Waals surface area contributed by atoms with Crippen LogP contribution in [-0.4, -0.2) is 42.6 Å². The smallest absolute Gasteiger partial charge is 0.0419 e. The van der Waals surface area contributed by atoms with Crippen LogP contribution in [0, 0.1) is 18.3 Å². The number of benzene rings is 1. The van der Waals surface area contributed by atoms with Gasteiger partial charge in [0.1, 0.15) is 0 Å². The summed E-state index contributed by atoms with van der Waals surface area (Å²) in [5, 5.41) is 3.66. The molecule has 2 aliphatic rings. The van der Waals surface area contributed by atoms with Gasteiger partial charge in [0.05, 0.1) is 0 Å². The van der Waals surface area contributed by atoms with Crippen LogP contribution in [0.15, 0.2) is 48.5 Å². The number of nitrogens with one attached hydrogen (secondary N) is 1. The molecule has 1 N–H and O–H groups in total. The highest BCUT2D eigenvalue weighted by atomic mass is 15.2. The molecule has 1 aromatic heterocycles. The van der Waals surface area contributed by atoms with E-state index in [2.05, 4.69) is 70.7 Å². The lowest BCUT2D eigenvalue weighted by molar-refractivity contribution is 0.241. The van der Waals surface area contributed by atoms with E-state index in [-0.39, 0.29) is 0 Å². The van der Waals surface area contributed by atoms with Crippen molar-refractivity contribution >= 4 is 0 Å². The Labute approximate surface area is 151 Å². The molecule has 0 radical (unpaired) electrons. The van der Waals surface area contributed by atoms with E-state index in [1.807, 2.05) is 0 Å². The summed E-state index contributed by atoms with van der Waals surface area (Å²) in [6.07, 6.45) is 3.57. The maximum absolute atomic E-state index is 4.66. The third-order valence-electron chi connectivity index (χ3n) is 6.14. The van der Waals surface area contributed by atoms with Gasteiger partial charge >= 0.3 is 0 Å². The summed E-state index contributed by atoms with van der Waals surface area (Å²) in [7, 11) is 0. The summed E-state index contributed by atoms with van der Waals surface area (Å²) in [6.45, 7) is 8.07. The molecule has 2 unspecified atom stereocenters. The molecule has 2 saturated heterocycles. The van der Waals surface area contributed by atoms with Crippen molar-refractivity contribution in [1.82, 2.24) is 15.2 Å². The quantitative estimate of drug-likeness (QED) is 0.879. The van der Waals surface area contributed by atoms with Crippen molar-refractivity contribution in [3.05, 3.63) is 65.5 Å². The molecule has 2 fully saturated rings. The molecule has 0 aliphatic carbocycles. The van der Waals surface area contributed by atoms with E-state index in [0.717, 1.165) is 24.6 Å². The van der Waals surface area contributed by atoms with E-state index in [1.165, 1.54) is 50.3 Å². The number of likely N-dealkylation sites (tertiary alicyclic amines) is 1. The zero-order valence-corrected chi connectivity index (χ0v) is 15.2. The van der Waals surface area contributed by atoms with Gasteiger partial charge in [0.2, 0.25) is 0 Å². The average molecular weight is 335 g/mol. The van der Waals surface area contributed by atoms with Crippen molar-refractivity contribution in [3.63, 3.8) is 0 Å². The second kappa shape index (κ2) is 7.27. The van der Waals surface area contributed by atoms with Gasteiger partial charge in [-0.05, 0) is 49.9 Å². The standard InChI is InChI=1S/C22H29N3/c1-18-6-5-9-21(24-18)11-13-25-15-20-14-23-16-22(20,17-25)12-10-19-7-3-2-4-8-19/h2-9,20,23H,10-17H2,1H3. The maximum atomic E-state index is 4.66. The van der Waals surface area contributed by atoms with Crippen LogP contribution in [0.3, 0.4) is 0 Å². The lowest BCUT2D eigenvalue weighted by atomic mass is 9.76. The molecule has 0 saturated carbocycles. The molecule has 3 nitrogen and oxygen atoms in total. The molecule has 25 heavy (non-hydrogen) atoms. The van der Waals surface area contributed by atoms with Gasteiger partial charge in [-0.15, -0.1) is 0 Å².